The van der Waals surface area contributed by atoms with Crippen LogP contribution < -0.4 is 5.32 Å². The Morgan fingerprint density at radius 1 is 1.24 bits per heavy atom. The van der Waals surface area contributed by atoms with E-state index in [0.29, 0.717) is 12.1 Å². The molecule has 2 aromatic carbocycles. The SMILES string of the molecule is Cc1ccc(CN[C@@H](CO)c2ccccc2)cc1[N+](=O)[O-]. The molecule has 1 atom stereocenters. The predicted molar refractivity (Wildman–Crippen MR) is 80.9 cm³/mol. The maximum Gasteiger partial charge on any atom is 0.272 e. The monoisotopic (exact) mass is 286 g/mol. The minimum absolute atomic E-state index is 0.0298. The van der Waals surface area contributed by atoms with Crippen molar-refractivity contribution in [1.82, 2.24) is 5.32 Å². The first-order valence-corrected chi connectivity index (χ1v) is 6.75. The number of benzene rings is 2. The lowest BCUT2D eigenvalue weighted by Gasteiger charge is -2.16. The van der Waals surface area contributed by atoms with Crippen molar-refractivity contribution in [2.45, 2.75) is 19.5 Å². The quantitative estimate of drug-likeness (QED) is 0.632. The molecule has 0 spiro atoms. The number of rotatable bonds is 6. The zero-order chi connectivity index (χ0) is 15.2. The topological polar surface area (TPSA) is 75.4 Å². The Balaban J connectivity index is 2.08. The Morgan fingerprint density at radius 2 is 1.95 bits per heavy atom. The van der Waals surface area contributed by atoms with Gasteiger partial charge in [0.05, 0.1) is 17.6 Å². The van der Waals surface area contributed by atoms with E-state index in [2.05, 4.69) is 5.32 Å². The molecule has 0 bridgehead atoms. The number of nitro benzene ring substituents is 1. The minimum atomic E-state index is -0.375. The van der Waals surface area contributed by atoms with Crippen LogP contribution in [0, 0.1) is 17.0 Å². The molecule has 110 valence electrons. The van der Waals surface area contributed by atoms with Crippen molar-refractivity contribution in [2.24, 2.45) is 0 Å². The van der Waals surface area contributed by atoms with Crippen LogP contribution in [0.5, 0.6) is 0 Å². The third-order valence-corrected chi connectivity index (χ3v) is 3.41. The molecule has 0 aromatic heterocycles. The molecule has 2 N–H and O–H groups in total. The molecule has 2 aromatic rings. The Kier molecular flexibility index (Phi) is 5.03. The molecule has 0 saturated heterocycles. The lowest BCUT2D eigenvalue weighted by Crippen LogP contribution is -2.24. The second-order valence-electron chi connectivity index (χ2n) is 4.90. The molecule has 0 aliphatic carbocycles. The summed E-state index contributed by atoms with van der Waals surface area (Å²) >= 11 is 0. The van der Waals surface area contributed by atoms with E-state index in [1.54, 1.807) is 19.1 Å². The average Bonchev–Trinajstić information content (AvgIpc) is 2.50. The van der Waals surface area contributed by atoms with Gasteiger partial charge in [0.1, 0.15) is 0 Å². The fraction of sp³-hybridized carbons (Fsp3) is 0.250. The van der Waals surface area contributed by atoms with Gasteiger partial charge in [-0.05, 0) is 18.1 Å². The number of hydrogen-bond acceptors (Lipinski definition) is 4. The lowest BCUT2D eigenvalue weighted by atomic mass is 10.1. The molecular formula is C16H18N2O3. The first-order valence-electron chi connectivity index (χ1n) is 6.75. The molecule has 0 heterocycles. The van der Waals surface area contributed by atoms with Gasteiger partial charge < -0.3 is 10.4 Å². The highest BCUT2D eigenvalue weighted by Crippen LogP contribution is 2.20. The summed E-state index contributed by atoms with van der Waals surface area (Å²) in [4.78, 5) is 10.6. The summed E-state index contributed by atoms with van der Waals surface area (Å²) < 4.78 is 0. The standard InChI is InChI=1S/C16H18N2O3/c1-12-7-8-13(9-16(12)18(20)21)10-17-15(11-19)14-5-3-2-4-6-14/h2-9,15,17,19H,10-11H2,1H3/t15-/m0/s1. The molecule has 0 fully saturated rings. The van der Waals surface area contributed by atoms with E-state index < -0.39 is 0 Å². The summed E-state index contributed by atoms with van der Waals surface area (Å²) in [6.45, 7) is 2.15. The summed E-state index contributed by atoms with van der Waals surface area (Å²) in [5.41, 5.74) is 2.57. The number of aryl methyl sites for hydroxylation is 1. The maximum absolute atomic E-state index is 10.9. The van der Waals surface area contributed by atoms with Crippen molar-refractivity contribution in [3.05, 3.63) is 75.3 Å². The van der Waals surface area contributed by atoms with Crippen LogP contribution in [0.2, 0.25) is 0 Å². The Hall–Kier alpha value is -2.24. The van der Waals surface area contributed by atoms with E-state index in [1.807, 2.05) is 36.4 Å². The van der Waals surface area contributed by atoms with Crippen LogP contribution in [0.3, 0.4) is 0 Å². The van der Waals surface area contributed by atoms with Crippen LogP contribution in [0.4, 0.5) is 5.69 Å². The zero-order valence-electron chi connectivity index (χ0n) is 11.8. The van der Waals surface area contributed by atoms with E-state index in [4.69, 9.17) is 0 Å². The molecule has 0 aliphatic rings. The first kappa shape index (κ1) is 15.2. The molecule has 0 aliphatic heterocycles. The second-order valence-corrected chi connectivity index (χ2v) is 4.90. The van der Waals surface area contributed by atoms with E-state index in [9.17, 15) is 15.2 Å². The van der Waals surface area contributed by atoms with Crippen LogP contribution in [-0.4, -0.2) is 16.6 Å². The van der Waals surface area contributed by atoms with Crippen LogP contribution >= 0.6 is 0 Å². The van der Waals surface area contributed by atoms with Crippen molar-refractivity contribution >= 4 is 5.69 Å². The molecule has 0 amide bonds. The molecule has 0 saturated carbocycles. The van der Waals surface area contributed by atoms with Crippen molar-refractivity contribution in [3.63, 3.8) is 0 Å². The van der Waals surface area contributed by atoms with E-state index >= 15 is 0 Å². The van der Waals surface area contributed by atoms with Gasteiger partial charge in [-0.15, -0.1) is 0 Å². The fourth-order valence-electron chi connectivity index (χ4n) is 2.18. The lowest BCUT2D eigenvalue weighted by molar-refractivity contribution is -0.385. The molecule has 0 unspecified atom stereocenters. The summed E-state index contributed by atoms with van der Waals surface area (Å²) in [5.74, 6) is 0. The molecule has 5 heteroatoms. The average molecular weight is 286 g/mol. The molecule has 2 rings (SSSR count). The van der Waals surface area contributed by atoms with Gasteiger partial charge in [0, 0.05) is 18.2 Å². The third-order valence-electron chi connectivity index (χ3n) is 3.41. The van der Waals surface area contributed by atoms with Gasteiger partial charge in [-0.2, -0.15) is 0 Å². The number of hydrogen-bond donors (Lipinski definition) is 2. The number of nitro groups is 1. The number of aliphatic hydroxyl groups is 1. The Labute approximate surface area is 123 Å². The number of nitrogens with zero attached hydrogens (tertiary/aromatic N) is 1. The Bertz CT molecular complexity index is 614. The maximum atomic E-state index is 10.9. The zero-order valence-corrected chi connectivity index (χ0v) is 11.8. The normalized spacial score (nSPS) is 12.1. The highest BCUT2D eigenvalue weighted by Gasteiger charge is 2.13. The van der Waals surface area contributed by atoms with Gasteiger partial charge in [0.25, 0.3) is 5.69 Å². The third kappa shape index (κ3) is 3.87. The van der Waals surface area contributed by atoms with Crippen molar-refractivity contribution in [3.8, 4) is 0 Å². The summed E-state index contributed by atoms with van der Waals surface area (Å²) in [6.07, 6.45) is 0. The van der Waals surface area contributed by atoms with Crippen LogP contribution in [0.1, 0.15) is 22.7 Å². The summed E-state index contributed by atoms with van der Waals surface area (Å²) in [6, 6.07) is 14.6. The highest BCUT2D eigenvalue weighted by molar-refractivity contribution is 5.42. The van der Waals surface area contributed by atoms with Gasteiger partial charge in [-0.25, -0.2) is 0 Å². The highest BCUT2D eigenvalue weighted by atomic mass is 16.6. The largest absolute Gasteiger partial charge is 0.394 e. The molecule has 0 radical (unpaired) electrons. The van der Waals surface area contributed by atoms with E-state index in [-0.39, 0.29) is 23.3 Å². The van der Waals surface area contributed by atoms with Crippen molar-refractivity contribution in [1.29, 1.82) is 0 Å². The van der Waals surface area contributed by atoms with Crippen molar-refractivity contribution in [2.75, 3.05) is 6.61 Å². The van der Waals surface area contributed by atoms with Crippen LogP contribution in [0.25, 0.3) is 0 Å². The van der Waals surface area contributed by atoms with E-state index in [0.717, 1.165) is 11.1 Å². The summed E-state index contributed by atoms with van der Waals surface area (Å²) in [5, 5.41) is 23.6. The summed E-state index contributed by atoms with van der Waals surface area (Å²) in [7, 11) is 0. The fourth-order valence-corrected chi connectivity index (χ4v) is 2.18. The first-order chi connectivity index (χ1) is 10.1. The van der Waals surface area contributed by atoms with E-state index in [1.165, 1.54) is 0 Å². The molecule has 21 heavy (non-hydrogen) atoms. The van der Waals surface area contributed by atoms with Gasteiger partial charge in [-0.1, -0.05) is 42.5 Å². The minimum Gasteiger partial charge on any atom is -0.394 e. The number of nitrogens with one attached hydrogen (secondary N) is 1. The second kappa shape index (κ2) is 6.97. The van der Waals surface area contributed by atoms with Crippen molar-refractivity contribution < 1.29 is 10.0 Å². The number of aliphatic hydroxyl groups excluding tert-OH is 1. The van der Waals surface area contributed by atoms with Crippen LogP contribution in [-0.2, 0) is 6.54 Å². The van der Waals surface area contributed by atoms with Crippen LogP contribution in [0.15, 0.2) is 48.5 Å². The smallest absolute Gasteiger partial charge is 0.272 e. The van der Waals surface area contributed by atoms with Gasteiger partial charge in [0.15, 0.2) is 0 Å². The van der Waals surface area contributed by atoms with Gasteiger partial charge in [0.2, 0.25) is 0 Å². The van der Waals surface area contributed by atoms with Gasteiger partial charge >= 0.3 is 0 Å². The molecular weight excluding hydrogens is 268 g/mol. The predicted octanol–water partition coefficient (Wildman–Crippen LogP) is 2.73. The van der Waals surface area contributed by atoms with Gasteiger partial charge in [-0.3, -0.25) is 10.1 Å². The molecule has 5 nitrogen and oxygen atoms in total. The Morgan fingerprint density at radius 3 is 2.57 bits per heavy atom.